The van der Waals surface area contributed by atoms with Gasteiger partial charge in [0.15, 0.2) is 0 Å². The highest BCUT2D eigenvalue weighted by Gasteiger charge is 2.20. The standard InChI is InChI=1S/C39H26N2O/c1-3-9-27(10-4-1)28-15-17-29(18-16-28)30-19-21-32(22-20-30)41(31-11-5-2-6-12-31)36-25-38-39(34-14-8-7-13-33(34)36)35-26-40-24-23-37(35)42-38/h1-26H. The second kappa shape index (κ2) is 10.1. The Morgan fingerprint density at radius 3 is 1.69 bits per heavy atom. The summed E-state index contributed by atoms with van der Waals surface area (Å²) in [7, 11) is 0. The SMILES string of the molecule is c1ccc(-c2ccc(-c3ccc(N(c4ccccc4)c4cc5oc6ccncc6c5c5ccccc45)cc3)cc2)cc1. The van der Waals surface area contributed by atoms with Crippen molar-refractivity contribution in [2.75, 3.05) is 4.90 Å². The molecule has 0 atom stereocenters. The van der Waals surface area contributed by atoms with Gasteiger partial charge in [0.25, 0.3) is 0 Å². The van der Waals surface area contributed by atoms with Gasteiger partial charge in [-0.3, -0.25) is 4.98 Å². The molecule has 0 aliphatic carbocycles. The third kappa shape index (κ3) is 4.11. The molecular weight excluding hydrogens is 512 g/mol. The first kappa shape index (κ1) is 24.2. The number of hydrogen-bond donors (Lipinski definition) is 0. The molecule has 6 aromatic carbocycles. The molecule has 0 bridgehead atoms. The third-order valence-corrected chi connectivity index (χ3v) is 7.96. The molecule has 3 nitrogen and oxygen atoms in total. The lowest BCUT2D eigenvalue weighted by atomic mass is 9.99. The second-order valence-corrected chi connectivity index (χ2v) is 10.4. The van der Waals surface area contributed by atoms with E-state index >= 15 is 0 Å². The first-order chi connectivity index (χ1) is 20.8. The van der Waals surface area contributed by atoms with E-state index in [0.717, 1.165) is 49.8 Å². The van der Waals surface area contributed by atoms with E-state index in [0.29, 0.717) is 0 Å². The van der Waals surface area contributed by atoms with Crippen molar-refractivity contribution in [2.45, 2.75) is 0 Å². The molecule has 0 aliphatic rings. The largest absolute Gasteiger partial charge is 0.456 e. The van der Waals surface area contributed by atoms with E-state index in [4.69, 9.17) is 4.42 Å². The van der Waals surface area contributed by atoms with Crippen LogP contribution in [0.4, 0.5) is 17.1 Å². The molecule has 198 valence electrons. The van der Waals surface area contributed by atoms with Crippen LogP contribution in [0.15, 0.2) is 162 Å². The molecule has 0 spiro atoms. The predicted octanol–water partition coefficient (Wildman–Crippen LogP) is 10.9. The van der Waals surface area contributed by atoms with Crippen molar-refractivity contribution in [3.63, 3.8) is 0 Å². The van der Waals surface area contributed by atoms with Gasteiger partial charge in [-0.2, -0.15) is 0 Å². The molecule has 0 saturated carbocycles. The molecule has 0 aliphatic heterocycles. The highest BCUT2D eigenvalue weighted by Crippen LogP contribution is 2.44. The highest BCUT2D eigenvalue weighted by atomic mass is 16.3. The van der Waals surface area contributed by atoms with E-state index in [1.54, 1.807) is 6.20 Å². The van der Waals surface area contributed by atoms with Crippen molar-refractivity contribution in [1.82, 2.24) is 4.98 Å². The van der Waals surface area contributed by atoms with Gasteiger partial charge in [0.2, 0.25) is 0 Å². The van der Waals surface area contributed by atoms with Crippen molar-refractivity contribution in [2.24, 2.45) is 0 Å². The molecule has 0 amide bonds. The molecule has 8 rings (SSSR count). The number of rotatable bonds is 5. The predicted molar refractivity (Wildman–Crippen MR) is 175 cm³/mol. The second-order valence-electron chi connectivity index (χ2n) is 10.4. The van der Waals surface area contributed by atoms with Crippen LogP contribution >= 0.6 is 0 Å². The number of hydrogen-bond acceptors (Lipinski definition) is 3. The monoisotopic (exact) mass is 538 g/mol. The lowest BCUT2D eigenvalue weighted by molar-refractivity contribution is 0.669. The fraction of sp³-hybridized carbons (Fsp3) is 0. The maximum Gasteiger partial charge on any atom is 0.138 e. The first-order valence-electron chi connectivity index (χ1n) is 14.1. The zero-order chi connectivity index (χ0) is 27.9. The Morgan fingerprint density at radius 1 is 0.452 bits per heavy atom. The summed E-state index contributed by atoms with van der Waals surface area (Å²) in [6, 6.07) is 51.3. The number of furan rings is 1. The molecule has 42 heavy (non-hydrogen) atoms. The molecule has 0 radical (unpaired) electrons. The van der Waals surface area contributed by atoms with Crippen molar-refractivity contribution in [3.8, 4) is 22.3 Å². The van der Waals surface area contributed by atoms with Crippen molar-refractivity contribution in [3.05, 3.63) is 158 Å². The van der Waals surface area contributed by atoms with Crippen molar-refractivity contribution in [1.29, 1.82) is 0 Å². The Kier molecular flexibility index (Phi) is 5.79. The van der Waals surface area contributed by atoms with E-state index in [2.05, 4.69) is 143 Å². The van der Waals surface area contributed by atoms with Gasteiger partial charge < -0.3 is 9.32 Å². The summed E-state index contributed by atoms with van der Waals surface area (Å²) >= 11 is 0. The minimum Gasteiger partial charge on any atom is -0.456 e. The average Bonchev–Trinajstić information content (AvgIpc) is 3.45. The van der Waals surface area contributed by atoms with Crippen LogP contribution in [0.2, 0.25) is 0 Å². The fourth-order valence-corrected chi connectivity index (χ4v) is 5.94. The molecule has 3 heteroatoms. The number of anilines is 3. The normalized spacial score (nSPS) is 11.3. The summed E-state index contributed by atoms with van der Waals surface area (Å²) < 4.78 is 6.37. The first-order valence-corrected chi connectivity index (χ1v) is 14.1. The number of fused-ring (bicyclic) bond motifs is 5. The summed E-state index contributed by atoms with van der Waals surface area (Å²) in [6.07, 6.45) is 3.67. The van der Waals surface area contributed by atoms with Crippen molar-refractivity contribution < 1.29 is 4.42 Å². The summed E-state index contributed by atoms with van der Waals surface area (Å²) in [4.78, 5) is 6.69. The summed E-state index contributed by atoms with van der Waals surface area (Å²) in [5, 5.41) is 4.43. The quantitative estimate of drug-likeness (QED) is 0.218. The van der Waals surface area contributed by atoms with Crippen molar-refractivity contribution >= 4 is 49.8 Å². The van der Waals surface area contributed by atoms with E-state index in [1.807, 2.05) is 18.3 Å². The van der Waals surface area contributed by atoms with Crippen LogP contribution in [0.5, 0.6) is 0 Å². The van der Waals surface area contributed by atoms with Crippen LogP contribution in [-0.4, -0.2) is 4.98 Å². The van der Waals surface area contributed by atoms with Crippen LogP contribution < -0.4 is 4.90 Å². The molecule has 2 aromatic heterocycles. The zero-order valence-corrected chi connectivity index (χ0v) is 22.8. The minimum atomic E-state index is 0.844. The van der Waals surface area contributed by atoms with Crippen LogP contribution in [0.1, 0.15) is 0 Å². The van der Waals surface area contributed by atoms with Crippen LogP contribution in [0.3, 0.4) is 0 Å². The van der Waals surface area contributed by atoms with Gasteiger partial charge in [0.05, 0.1) is 5.69 Å². The average molecular weight is 539 g/mol. The van der Waals surface area contributed by atoms with Gasteiger partial charge in [-0.25, -0.2) is 0 Å². The van der Waals surface area contributed by atoms with Gasteiger partial charge in [-0.05, 0) is 58.0 Å². The van der Waals surface area contributed by atoms with E-state index in [-0.39, 0.29) is 0 Å². The number of aromatic nitrogens is 1. The Balaban J connectivity index is 1.26. The van der Waals surface area contributed by atoms with Gasteiger partial charge in [0, 0.05) is 46.0 Å². The number of benzene rings is 6. The summed E-state index contributed by atoms with van der Waals surface area (Å²) in [6.45, 7) is 0. The Morgan fingerprint density at radius 2 is 1.00 bits per heavy atom. The Hall–Kier alpha value is -5.67. The van der Waals surface area contributed by atoms with Crippen LogP contribution in [0.25, 0.3) is 55.0 Å². The number of pyridine rings is 1. The number of para-hydroxylation sites is 1. The van der Waals surface area contributed by atoms with Crippen LogP contribution in [-0.2, 0) is 0 Å². The van der Waals surface area contributed by atoms with Gasteiger partial charge in [-0.1, -0.05) is 109 Å². The van der Waals surface area contributed by atoms with Gasteiger partial charge in [-0.15, -0.1) is 0 Å². The summed E-state index contributed by atoms with van der Waals surface area (Å²) in [5.74, 6) is 0. The Labute approximate surface area is 243 Å². The van der Waals surface area contributed by atoms with Gasteiger partial charge >= 0.3 is 0 Å². The lowest BCUT2D eigenvalue weighted by Crippen LogP contribution is -2.10. The fourth-order valence-electron chi connectivity index (χ4n) is 5.94. The van der Waals surface area contributed by atoms with Gasteiger partial charge in [0.1, 0.15) is 11.2 Å². The third-order valence-electron chi connectivity index (χ3n) is 7.96. The smallest absolute Gasteiger partial charge is 0.138 e. The zero-order valence-electron chi connectivity index (χ0n) is 22.8. The molecular formula is C39H26N2O. The molecule has 0 N–H and O–H groups in total. The highest BCUT2D eigenvalue weighted by molar-refractivity contribution is 6.22. The lowest BCUT2D eigenvalue weighted by Gasteiger charge is -2.27. The molecule has 2 heterocycles. The van der Waals surface area contributed by atoms with E-state index < -0.39 is 0 Å². The Bertz CT molecular complexity index is 2170. The maximum absolute atomic E-state index is 6.37. The summed E-state index contributed by atoms with van der Waals surface area (Å²) in [5.41, 5.74) is 9.73. The van der Waals surface area contributed by atoms with E-state index in [9.17, 15) is 0 Å². The number of nitrogens with zero attached hydrogens (tertiary/aromatic N) is 2. The molecule has 0 unspecified atom stereocenters. The molecule has 8 aromatic rings. The molecule has 0 saturated heterocycles. The molecule has 0 fully saturated rings. The topological polar surface area (TPSA) is 29.3 Å². The van der Waals surface area contributed by atoms with Crippen LogP contribution in [0, 0.1) is 0 Å². The maximum atomic E-state index is 6.37. The minimum absolute atomic E-state index is 0.844. The van der Waals surface area contributed by atoms with E-state index in [1.165, 1.54) is 22.3 Å².